The number of aliphatic hydroxyl groups excluding tert-OH is 1. The molecular formula is C6H8O2. The van der Waals surface area contributed by atoms with E-state index in [0.717, 1.165) is 12.3 Å². The van der Waals surface area contributed by atoms with Crippen molar-refractivity contribution in [2.75, 3.05) is 0 Å². The first kappa shape index (κ1) is 3.85. The second-order valence-corrected chi connectivity index (χ2v) is 3.11. The van der Waals surface area contributed by atoms with Crippen LogP contribution in [-0.4, -0.2) is 23.4 Å². The Balaban J connectivity index is 2.10. The Labute approximate surface area is 47.5 Å². The van der Waals surface area contributed by atoms with Crippen LogP contribution < -0.4 is 0 Å². The molecule has 1 N–H and O–H groups in total. The summed E-state index contributed by atoms with van der Waals surface area (Å²) in [5.74, 6) is 1.31. The molecule has 4 bridgehead atoms. The molecule has 44 valence electrons. The zero-order valence-corrected chi connectivity index (χ0v) is 4.45. The maximum Gasteiger partial charge on any atom is 0.0858 e. The SMILES string of the molecule is O[C@H]1C2C3C[C@H]1O[C@@H]32. The zero-order chi connectivity index (χ0) is 5.30. The first-order valence-electron chi connectivity index (χ1n) is 3.21. The number of ether oxygens (including phenoxy) is 1. The molecule has 0 radical (unpaired) electrons. The van der Waals surface area contributed by atoms with Crippen molar-refractivity contribution in [3.63, 3.8) is 0 Å². The molecule has 4 aliphatic rings. The van der Waals surface area contributed by atoms with Crippen LogP contribution in [0.5, 0.6) is 0 Å². The van der Waals surface area contributed by atoms with Gasteiger partial charge in [0, 0.05) is 5.92 Å². The van der Waals surface area contributed by atoms with Gasteiger partial charge < -0.3 is 9.84 Å². The van der Waals surface area contributed by atoms with Crippen LogP contribution in [0.15, 0.2) is 0 Å². The van der Waals surface area contributed by atoms with Crippen molar-refractivity contribution in [1.82, 2.24) is 0 Å². The summed E-state index contributed by atoms with van der Waals surface area (Å²) in [4.78, 5) is 0. The molecule has 0 aromatic carbocycles. The molecule has 2 nitrogen and oxygen atoms in total. The van der Waals surface area contributed by atoms with Gasteiger partial charge in [-0.1, -0.05) is 0 Å². The maximum atomic E-state index is 9.22. The van der Waals surface area contributed by atoms with Crippen molar-refractivity contribution in [1.29, 1.82) is 0 Å². The van der Waals surface area contributed by atoms with Gasteiger partial charge in [0.25, 0.3) is 0 Å². The van der Waals surface area contributed by atoms with E-state index in [1.54, 1.807) is 0 Å². The highest BCUT2D eigenvalue weighted by Crippen LogP contribution is 2.62. The summed E-state index contributed by atoms with van der Waals surface area (Å²) < 4.78 is 5.37. The second kappa shape index (κ2) is 0.847. The van der Waals surface area contributed by atoms with E-state index in [1.807, 2.05) is 0 Å². The fourth-order valence-electron chi connectivity index (χ4n) is 2.29. The smallest absolute Gasteiger partial charge is 0.0858 e. The molecule has 0 aromatic heterocycles. The average molecular weight is 112 g/mol. The van der Waals surface area contributed by atoms with Crippen LogP contribution >= 0.6 is 0 Å². The topological polar surface area (TPSA) is 29.5 Å². The number of rotatable bonds is 0. The minimum atomic E-state index is -0.0926. The van der Waals surface area contributed by atoms with Gasteiger partial charge in [-0.2, -0.15) is 0 Å². The lowest BCUT2D eigenvalue weighted by atomic mass is 10.2. The Hall–Kier alpha value is -0.0800. The second-order valence-electron chi connectivity index (χ2n) is 3.11. The largest absolute Gasteiger partial charge is 0.390 e. The lowest BCUT2D eigenvalue weighted by molar-refractivity contribution is 0.0475. The molecule has 4 rings (SSSR count). The van der Waals surface area contributed by atoms with Crippen LogP contribution in [0.3, 0.4) is 0 Å². The molecule has 0 spiro atoms. The molecule has 8 heavy (non-hydrogen) atoms. The van der Waals surface area contributed by atoms with E-state index in [0.29, 0.717) is 12.0 Å². The summed E-state index contributed by atoms with van der Waals surface area (Å²) in [7, 11) is 0. The predicted molar refractivity (Wildman–Crippen MR) is 26.3 cm³/mol. The van der Waals surface area contributed by atoms with E-state index in [4.69, 9.17) is 4.74 Å². The van der Waals surface area contributed by atoms with Crippen LogP contribution in [0.25, 0.3) is 0 Å². The van der Waals surface area contributed by atoms with Gasteiger partial charge in [0.15, 0.2) is 0 Å². The minimum Gasteiger partial charge on any atom is -0.390 e. The van der Waals surface area contributed by atoms with E-state index in [9.17, 15) is 5.11 Å². The van der Waals surface area contributed by atoms with E-state index < -0.39 is 0 Å². The van der Waals surface area contributed by atoms with E-state index in [-0.39, 0.29) is 12.2 Å². The molecule has 2 heteroatoms. The summed E-state index contributed by atoms with van der Waals surface area (Å²) >= 11 is 0. The van der Waals surface area contributed by atoms with Gasteiger partial charge in [-0.15, -0.1) is 0 Å². The van der Waals surface area contributed by atoms with Gasteiger partial charge in [-0.3, -0.25) is 0 Å². The fourth-order valence-corrected chi connectivity index (χ4v) is 2.29. The molecule has 2 saturated heterocycles. The van der Waals surface area contributed by atoms with Crippen LogP contribution in [0, 0.1) is 11.8 Å². The predicted octanol–water partition coefficient (Wildman–Crippen LogP) is -0.236. The Morgan fingerprint density at radius 2 is 2.38 bits per heavy atom. The molecule has 4 fully saturated rings. The lowest BCUT2D eigenvalue weighted by Gasteiger charge is -2.03. The highest BCUT2D eigenvalue weighted by molar-refractivity contribution is 5.17. The van der Waals surface area contributed by atoms with Crippen molar-refractivity contribution in [2.45, 2.75) is 24.7 Å². The molecular weight excluding hydrogens is 104 g/mol. The van der Waals surface area contributed by atoms with Crippen molar-refractivity contribution in [3.05, 3.63) is 0 Å². The van der Waals surface area contributed by atoms with Crippen LogP contribution in [-0.2, 0) is 4.74 Å². The van der Waals surface area contributed by atoms with Gasteiger partial charge in [0.2, 0.25) is 0 Å². The third-order valence-electron chi connectivity index (χ3n) is 2.77. The minimum absolute atomic E-state index is 0.0926. The fraction of sp³-hybridized carbons (Fsp3) is 1.00. The number of aliphatic hydroxyl groups is 1. The van der Waals surface area contributed by atoms with Crippen molar-refractivity contribution >= 4 is 0 Å². The summed E-state index contributed by atoms with van der Waals surface area (Å²) in [5.41, 5.74) is 0. The Morgan fingerprint density at radius 1 is 1.50 bits per heavy atom. The average Bonchev–Trinajstić information content (AvgIpc) is 2.23. The summed E-state index contributed by atoms with van der Waals surface area (Å²) in [5, 5.41) is 9.22. The monoisotopic (exact) mass is 112 g/mol. The molecule has 2 unspecified atom stereocenters. The molecule has 5 atom stereocenters. The first-order valence-corrected chi connectivity index (χ1v) is 3.21. The maximum absolute atomic E-state index is 9.22. The van der Waals surface area contributed by atoms with Gasteiger partial charge >= 0.3 is 0 Å². The summed E-state index contributed by atoms with van der Waals surface area (Å²) in [6, 6.07) is 0. The normalized spacial score (nSPS) is 73.9. The molecule has 0 aromatic rings. The third kappa shape index (κ3) is 0.213. The Morgan fingerprint density at radius 3 is 2.50 bits per heavy atom. The van der Waals surface area contributed by atoms with Crippen molar-refractivity contribution < 1.29 is 9.84 Å². The van der Waals surface area contributed by atoms with Crippen molar-refractivity contribution in [3.8, 4) is 0 Å². The summed E-state index contributed by atoms with van der Waals surface area (Å²) in [6.07, 6.45) is 1.76. The number of hydrogen-bond acceptors (Lipinski definition) is 2. The molecule has 2 saturated carbocycles. The van der Waals surface area contributed by atoms with Crippen LogP contribution in [0.1, 0.15) is 6.42 Å². The van der Waals surface area contributed by atoms with Gasteiger partial charge in [-0.25, -0.2) is 0 Å². The lowest BCUT2D eigenvalue weighted by Crippen LogP contribution is -2.16. The molecule has 0 amide bonds. The Kier molecular flexibility index (Phi) is 0.408. The van der Waals surface area contributed by atoms with Gasteiger partial charge in [0.1, 0.15) is 0 Å². The summed E-state index contributed by atoms with van der Waals surface area (Å²) in [6.45, 7) is 0. The standard InChI is InChI=1S/C6H8O2/c7-5-3-1-2-4(5)6(2)8-3/h2-7H,1H2/t2?,3-,4?,5-,6+/m1/s1. The van der Waals surface area contributed by atoms with Crippen LogP contribution in [0.2, 0.25) is 0 Å². The quantitative estimate of drug-likeness (QED) is 0.469. The van der Waals surface area contributed by atoms with E-state index >= 15 is 0 Å². The van der Waals surface area contributed by atoms with Gasteiger partial charge in [0.05, 0.1) is 18.3 Å². The van der Waals surface area contributed by atoms with E-state index in [1.165, 1.54) is 0 Å². The number of hydrogen-bond donors (Lipinski definition) is 1. The highest BCUT2D eigenvalue weighted by Gasteiger charge is 2.70. The molecule has 2 aliphatic carbocycles. The van der Waals surface area contributed by atoms with Crippen LogP contribution in [0.4, 0.5) is 0 Å². The third-order valence-corrected chi connectivity index (χ3v) is 2.77. The zero-order valence-electron chi connectivity index (χ0n) is 4.45. The highest BCUT2D eigenvalue weighted by atomic mass is 16.5. The molecule has 2 heterocycles. The van der Waals surface area contributed by atoms with E-state index in [2.05, 4.69) is 0 Å². The van der Waals surface area contributed by atoms with Gasteiger partial charge in [-0.05, 0) is 12.3 Å². The van der Waals surface area contributed by atoms with Crippen molar-refractivity contribution in [2.24, 2.45) is 11.8 Å². The first-order chi connectivity index (χ1) is 3.88. The Bertz CT molecular complexity index is 131. The molecule has 2 aliphatic heterocycles.